The molecule has 3 aromatic carbocycles. The van der Waals surface area contributed by atoms with E-state index in [1.165, 1.54) is 42.5 Å². The standard InChI is InChI=1S/C14H17NO.C13H16N2O3.C12H14N2.C8H17NO.C8H16O2.C8H18O.C7H13F3.C7H16/c1-9-13(16)7-10-5-6-11(14(2,3)4)8-12(10)15-9;1-13(2,3)8-5-6-9-10(7-8)14(4)11(16)12(17)15(9)18;1-12(2,3)9-4-5-10-11(8-9)14-7-6-13-10;1-6(8(3,4)5)9-7(2)10;1-7(2,3)8(4,5)6(9)10;1-7(2,3)8(4,5)9-6;1-5(6(2,3)4)7(8,9)10;1-5-6-7(2,3)4/h5-6,8,15H,1,7H2,2-4H3;5-7,18H,1-4H3;4-8H,1-3H3;6H,1-5H3,(H,9,10);1-5H3,(H,9,10);1-6H3;5H,1-4H3;5-6H2,1-4H3/t;;;;;;5-;/m......1./s1. The number of aliphatic carboxylic acids is 1. The number of carbonyl (C=O) groups excluding carboxylic acids is 2. The summed E-state index contributed by atoms with van der Waals surface area (Å²) in [6.45, 7) is 67.9. The largest absolute Gasteiger partial charge is 0.481 e. The van der Waals surface area contributed by atoms with E-state index in [4.69, 9.17) is 9.84 Å². The Morgan fingerprint density at radius 2 is 1.07 bits per heavy atom. The smallest absolute Gasteiger partial charge is 0.392 e. The number of anilines is 1. The van der Waals surface area contributed by atoms with Crippen molar-refractivity contribution in [2.75, 3.05) is 12.4 Å². The molecule has 534 valence electrons. The number of aromatic nitrogens is 4. The van der Waals surface area contributed by atoms with E-state index in [1.807, 2.05) is 52.0 Å². The molecule has 1 amide bonds. The van der Waals surface area contributed by atoms with Gasteiger partial charge in [0.1, 0.15) is 5.52 Å². The number of nitrogens with zero attached hydrogens (tertiary/aromatic N) is 4. The molecule has 1 aliphatic rings. The molecule has 94 heavy (non-hydrogen) atoms. The first-order valence-electron chi connectivity index (χ1n) is 32.7. The van der Waals surface area contributed by atoms with E-state index in [2.05, 4.69) is 197 Å². The summed E-state index contributed by atoms with van der Waals surface area (Å²) in [5.41, 5.74) is 6.93. The van der Waals surface area contributed by atoms with Gasteiger partial charge in [-0.1, -0.05) is 217 Å². The Hall–Kier alpha value is -6.36. The maximum Gasteiger partial charge on any atom is 0.392 e. The summed E-state index contributed by atoms with van der Waals surface area (Å²) in [7, 11) is 3.28. The molecular formula is C77H127F3N6O8. The quantitative estimate of drug-likeness (QED) is 0.0760. The fourth-order valence-corrected chi connectivity index (χ4v) is 7.54. The van der Waals surface area contributed by atoms with Crippen LogP contribution in [0, 0.1) is 38.4 Å². The molecule has 0 saturated carbocycles. The highest BCUT2D eigenvalue weighted by molar-refractivity contribution is 6.02. The average Bonchev–Trinajstić information content (AvgIpc) is 0.778. The molecule has 0 aliphatic carbocycles. The van der Waals surface area contributed by atoms with Crippen LogP contribution in [0.4, 0.5) is 18.9 Å². The number of fused-ring (bicyclic) bond motifs is 3. The molecule has 14 nitrogen and oxygen atoms in total. The number of alkyl halides is 3. The summed E-state index contributed by atoms with van der Waals surface area (Å²) in [6.07, 6.45) is 2.51. The molecule has 3 heterocycles. The molecule has 0 saturated heterocycles. The Morgan fingerprint density at radius 1 is 0.638 bits per heavy atom. The second-order valence-corrected chi connectivity index (χ2v) is 34.1. The third kappa shape index (κ3) is 30.2. The van der Waals surface area contributed by atoms with E-state index in [-0.39, 0.29) is 55.8 Å². The Kier molecular flexibility index (Phi) is 33.0. The number of hydrogen-bond acceptors (Lipinski definition) is 10. The van der Waals surface area contributed by atoms with Crippen LogP contribution >= 0.6 is 0 Å². The number of halogens is 3. The van der Waals surface area contributed by atoms with Gasteiger partial charge in [-0.05, 0) is 137 Å². The third-order valence-corrected chi connectivity index (χ3v) is 17.6. The maximum atomic E-state index is 11.9. The number of benzene rings is 3. The number of carbonyl (C=O) groups is 3. The Bertz CT molecular complexity index is 3360. The third-order valence-electron chi connectivity index (χ3n) is 17.6. The lowest BCUT2D eigenvalue weighted by atomic mass is 9.69. The van der Waals surface area contributed by atoms with Gasteiger partial charge < -0.3 is 30.3 Å². The van der Waals surface area contributed by atoms with Gasteiger partial charge in [-0.2, -0.15) is 13.2 Å². The van der Waals surface area contributed by atoms with Gasteiger partial charge in [0.2, 0.25) is 5.91 Å². The number of nitrogens with one attached hydrogen (secondary N) is 2. The first-order valence-corrected chi connectivity index (χ1v) is 32.7. The van der Waals surface area contributed by atoms with Gasteiger partial charge in [-0.25, -0.2) is 0 Å². The van der Waals surface area contributed by atoms with Crippen LogP contribution in [0.25, 0.3) is 22.1 Å². The number of allylic oxidation sites excluding steroid dienone is 1. The van der Waals surface area contributed by atoms with Crippen LogP contribution in [0.5, 0.6) is 0 Å². The predicted molar refractivity (Wildman–Crippen MR) is 387 cm³/mol. The van der Waals surface area contributed by atoms with Crippen molar-refractivity contribution >= 4 is 45.4 Å². The number of Topliss-reactive ketones (excluding diaryl/α,β-unsaturated/α-hetero) is 1. The highest BCUT2D eigenvalue weighted by atomic mass is 19.4. The monoisotopic (exact) mass is 1320 g/mol. The van der Waals surface area contributed by atoms with Crippen LogP contribution in [0.15, 0.2) is 88.9 Å². The molecule has 1 unspecified atom stereocenters. The van der Waals surface area contributed by atoms with Gasteiger partial charge in [0, 0.05) is 51.6 Å². The first kappa shape index (κ1) is 89.7. The lowest BCUT2D eigenvalue weighted by Crippen LogP contribution is -2.40. The molecule has 1 aliphatic heterocycles. The summed E-state index contributed by atoms with van der Waals surface area (Å²) in [5.74, 6) is -1.85. The molecule has 2 aromatic heterocycles. The van der Waals surface area contributed by atoms with Crippen molar-refractivity contribution in [1.29, 1.82) is 0 Å². The highest BCUT2D eigenvalue weighted by Crippen LogP contribution is 2.40. The summed E-state index contributed by atoms with van der Waals surface area (Å²) < 4.78 is 42.8. The Balaban J connectivity index is 0. The van der Waals surface area contributed by atoms with E-state index in [0.717, 1.165) is 27.8 Å². The number of ether oxygens (including phenoxy) is 1. The Morgan fingerprint density at radius 3 is 1.39 bits per heavy atom. The number of ketones is 1. The summed E-state index contributed by atoms with van der Waals surface area (Å²) in [6, 6.07) is 18.1. The minimum absolute atomic E-state index is 0.0208. The number of carboxylic acids is 1. The number of carboxylic acid groups (broad SMARTS) is 1. The molecule has 5 aromatic rings. The van der Waals surface area contributed by atoms with Crippen LogP contribution in [0.3, 0.4) is 0 Å². The molecular weight excluding hydrogens is 1190 g/mol. The number of hydrogen-bond donors (Lipinski definition) is 4. The molecule has 6 rings (SSSR count). The zero-order valence-corrected chi connectivity index (χ0v) is 64.6. The molecule has 2 atom stereocenters. The van der Waals surface area contributed by atoms with E-state index in [1.54, 1.807) is 67.1 Å². The van der Waals surface area contributed by atoms with E-state index in [0.29, 0.717) is 33.3 Å². The van der Waals surface area contributed by atoms with Crippen molar-refractivity contribution in [2.24, 2.45) is 45.5 Å². The van der Waals surface area contributed by atoms with Crippen molar-refractivity contribution in [2.45, 2.75) is 275 Å². The average molecular weight is 1320 g/mol. The number of aryl methyl sites for hydroxylation is 1. The number of amides is 1. The normalized spacial score (nSPS) is 13.8. The van der Waals surface area contributed by atoms with Crippen molar-refractivity contribution in [1.82, 2.24) is 24.6 Å². The second-order valence-electron chi connectivity index (χ2n) is 34.1. The molecule has 0 bridgehead atoms. The SMILES string of the molecule is C=C1Nc2cc(C(C)(C)C)ccc2CC1=O.CC(=O)NC(C)C(C)(C)C.CC(C)(C)C(C)(C)C(=O)O.CC(C)(C)c1ccc2nccnc2c1.CCCC(C)(C)C.COC(C)(C)C(C)(C)C.C[C@H](C(C)(C)C)C(F)(F)F.Cn1c(=O)c(=O)n(O)c2ccc(C(C)(C)C)cc21. The van der Waals surface area contributed by atoms with Gasteiger partial charge >= 0.3 is 23.3 Å². The number of rotatable bonds is 4. The number of methoxy groups -OCH3 is 1. The van der Waals surface area contributed by atoms with Crippen LogP contribution in [0.2, 0.25) is 0 Å². The fourth-order valence-electron chi connectivity index (χ4n) is 7.54. The molecule has 0 radical (unpaired) electrons. The predicted octanol–water partition coefficient (Wildman–Crippen LogP) is 19.4. The second kappa shape index (κ2) is 34.5. The first-order chi connectivity index (χ1) is 41.7. The maximum absolute atomic E-state index is 11.9. The van der Waals surface area contributed by atoms with Gasteiger partial charge in [-0.3, -0.25) is 33.9 Å². The van der Waals surface area contributed by atoms with E-state index < -0.39 is 40.0 Å². The minimum Gasteiger partial charge on any atom is -0.481 e. The molecule has 0 fully saturated rings. The fraction of sp³-hybridized carbons (Fsp3) is 0.649. The van der Waals surface area contributed by atoms with Crippen molar-refractivity contribution < 1.29 is 42.6 Å². The van der Waals surface area contributed by atoms with Crippen LogP contribution in [-0.2, 0) is 48.8 Å². The zero-order chi connectivity index (χ0) is 74.9. The van der Waals surface area contributed by atoms with Gasteiger partial charge in [0.05, 0.1) is 39.2 Å². The van der Waals surface area contributed by atoms with E-state index in [9.17, 15) is 42.4 Å². The molecule has 4 N–H and O–H groups in total. The van der Waals surface area contributed by atoms with Crippen molar-refractivity contribution in [3.8, 4) is 0 Å². The van der Waals surface area contributed by atoms with Crippen molar-refractivity contribution in [3.05, 3.63) is 122 Å². The van der Waals surface area contributed by atoms with Crippen LogP contribution in [0.1, 0.15) is 257 Å². The van der Waals surface area contributed by atoms with Crippen LogP contribution < -0.4 is 21.8 Å². The van der Waals surface area contributed by atoms with Gasteiger partial charge in [0.25, 0.3) is 0 Å². The summed E-state index contributed by atoms with van der Waals surface area (Å²) >= 11 is 0. The van der Waals surface area contributed by atoms with E-state index >= 15 is 0 Å². The molecule has 17 heteroatoms. The highest BCUT2D eigenvalue weighted by Gasteiger charge is 2.43. The topological polar surface area (TPSA) is 195 Å². The zero-order valence-electron chi connectivity index (χ0n) is 64.6. The van der Waals surface area contributed by atoms with Gasteiger partial charge in [-0.15, -0.1) is 4.73 Å². The van der Waals surface area contributed by atoms with Crippen LogP contribution in [-0.4, -0.2) is 72.2 Å². The lowest BCUT2D eigenvalue weighted by molar-refractivity contribution is -0.194. The van der Waals surface area contributed by atoms with Crippen molar-refractivity contribution in [3.63, 3.8) is 0 Å². The minimum atomic E-state index is -4.06. The Labute approximate surface area is 565 Å². The van der Waals surface area contributed by atoms with Gasteiger partial charge in [0.15, 0.2) is 5.78 Å². The summed E-state index contributed by atoms with van der Waals surface area (Å²) in [4.78, 5) is 64.4. The summed E-state index contributed by atoms with van der Waals surface area (Å²) in [5, 5.41) is 24.3. The lowest BCUT2D eigenvalue weighted by Gasteiger charge is -2.37. The molecule has 0 spiro atoms.